The van der Waals surface area contributed by atoms with E-state index in [9.17, 15) is 4.79 Å². The van der Waals surface area contributed by atoms with Gasteiger partial charge in [-0.1, -0.05) is 12.1 Å². The van der Waals surface area contributed by atoms with Crippen molar-refractivity contribution in [3.05, 3.63) is 24.3 Å². The van der Waals surface area contributed by atoms with Crippen molar-refractivity contribution >= 4 is 5.97 Å². The van der Waals surface area contributed by atoms with Gasteiger partial charge in [0.15, 0.2) is 11.5 Å². The zero-order valence-corrected chi connectivity index (χ0v) is 14.1. The lowest BCUT2D eigenvalue weighted by Crippen LogP contribution is -2.29. The van der Waals surface area contributed by atoms with Gasteiger partial charge in [-0.3, -0.25) is 9.69 Å². The Morgan fingerprint density at radius 3 is 2.70 bits per heavy atom. The summed E-state index contributed by atoms with van der Waals surface area (Å²) in [6.45, 7) is 3.61. The van der Waals surface area contributed by atoms with E-state index in [0.29, 0.717) is 18.9 Å². The number of esters is 1. The van der Waals surface area contributed by atoms with Crippen LogP contribution in [-0.4, -0.2) is 51.3 Å². The van der Waals surface area contributed by atoms with Crippen LogP contribution in [0.25, 0.3) is 0 Å². The maximum absolute atomic E-state index is 11.4. The summed E-state index contributed by atoms with van der Waals surface area (Å²) in [5.41, 5.74) is 0. The minimum atomic E-state index is -0.0945. The molecule has 1 atom stereocenters. The van der Waals surface area contributed by atoms with Crippen molar-refractivity contribution in [3.8, 4) is 11.5 Å². The fraction of sp³-hybridized carbons (Fsp3) is 0.611. The molecule has 1 fully saturated rings. The van der Waals surface area contributed by atoms with Crippen molar-refractivity contribution in [1.29, 1.82) is 0 Å². The number of likely N-dealkylation sites (tertiary alicyclic amines) is 1. The number of methoxy groups -OCH3 is 2. The Labute approximate surface area is 138 Å². The highest BCUT2D eigenvalue weighted by Gasteiger charge is 2.19. The third-order valence-corrected chi connectivity index (χ3v) is 4.36. The molecule has 0 spiro atoms. The van der Waals surface area contributed by atoms with Crippen LogP contribution < -0.4 is 9.47 Å². The van der Waals surface area contributed by atoms with Crippen LogP contribution in [0.3, 0.4) is 0 Å². The molecule has 1 saturated heterocycles. The number of benzene rings is 1. The minimum absolute atomic E-state index is 0.0945. The molecule has 128 valence electrons. The van der Waals surface area contributed by atoms with Gasteiger partial charge >= 0.3 is 5.97 Å². The Morgan fingerprint density at radius 2 is 1.96 bits per heavy atom. The largest absolute Gasteiger partial charge is 0.493 e. The second-order valence-electron chi connectivity index (χ2n) is 5.92. The van der Waals surface area contributed by atoms with E-state index in [4.69, 9.17) is 14.2 Å². The minimum Gasteiger partial charge on any atom is -0.493 e. The SMILES string of the molecule is COC(=O)C[C@H]1CCCN(CCOc2ccccc2OC)CC1. The van der Waals surface area contributed by atoms with Crippen LogP contribution in [0, 0.1) is 5.92 Å². The van der Waals surface area contributed by atoms with Crippen molar-refractivity contribution < 1.29 is 19.0 Å². The molecule has 5 heteroatoms. The monoisotopic (exact) mass is 321 g/mol. The number of carbonyl (C=O) groups excluding carboxylic acids is 1. The first-order valence-corrected chi connectivity index (χ1v) is 8.28. The molecule has 23 heavy (non-hydrogen) atoms. The van der Waals surface area contributed by atoms with Crippen molar-refractivity contribution in [2.24, 2.45) is 5.92 Å². The predicted octanol–water partition coefficient (Wildman–Crippen LogP) is 2.74. The molecule has 0 radical (unpaired) electrons. The van der Waals surface area contributed by atoms with Gasteiger partial charge in [0.2, 0.25) is 0 Å². The molecule has 0 amide bonds. The maximum atomic E-state index is 11.4. The van der Waals surface area contributed by atoms with E-state index >= 15 is 0 Å². The summed E-state index contributed by atoms with van der Waals surface area (Å²) >= 11 is 0. The van der Waals surface area contributed by atoms with Gasteiger partial charge in [0.1, 0.15) is 6.61 Å². The quantitative estimate of drug-likeness (QED) is 0.723. The third-order valence-electron chi connectivity index (χ3n) is 4.36. The van der Waals surface area contributed by atoms with E-state index < -0.39 is 0 Å². The van der Waals surface area contributed by atoms with Crippen LogP contribution in [0.1, 0.15) is 25.7 Å². The van der Waals surface area contributed by atoms with Crippen molar-refractivity contribution in [2.75, 3.05) is 40.5 Å². The second-order valence-corrected chi connectivity index (χ2v) is 5.92. The lowest BCUT2D eigenvalue weighted by molar-refractivity contribution is -0.141. The molecular formula is C18H27NO4. The maximum Gasteiger partial charge on any atom is 0.305 e. The molecular weight excluding hydrogens is 294 g/mol. The van der Waals surface area contributed by atoms with E-state index in [1.165, 1.54) is 7.11 Å². The average molecular weight is 321 g/mol. The first kappa shape index (κ1) is 17.6. The molecule has 0 aromatic heterocycles. The Morgan fingerprint density at radius 1 is 1.17 bits per heavy atom. The number of para-hydroxylation sites is 2. The van der Waals surface area contributed by atoms with Crippen molar-refractivity contribution in [3.63, 3.8) is 0 Å². The first-order valence-electron chi connectivity index (χ1n) is 8.28. The summed E-state index contributed by atoms with van der Waals surface area (Å²) in [7, 11) is 3.11. The first-order chi connectivity index (χ1) is 11.2. The van der Waals surface area contributed by atoms with E-state index in [0.717, 1.165) is 50.4 Å². The Balaban J connectivity index is 1.73. The van der Waals surface area contributed by atoms with Gasteiger partial charge in [-0.25, -0.2) is 0 Å². The van der Waals surface area contributed by atoms with E-state index in [1.54, 1.807) is 7.11 Å². The van der Waals surface area contributed by atoms with E-state index in [-0.39, 0.29) is 5.97 Å². The Bertz CT molecular complexity index is 492. The summed E-state index contributed by atoms with van der Waals surface area (Å²) < 4.78 is 15.9. The number of rotatable bonds is 7. The molecule has 0 bridgehead atoms. The lowest BCUT2D eigenvalue weighted by atomic mass is 9.97. The Kier molecular flexibility index (Phi) is 7.20. The molecule has 0 unspecified atom stereocenters. The molecule has 0 N–H and O–H groups in total. The van der Waals surface area contributed by atoms with Crippen LogP contribution >= 0.6 is 0 Å². The third kappa shape index (κ3) is 5.75. The topological polar surface area (TPSA) is 48.0 Å². The van der Waals surface area contributed by atoms with Crippen LogP contribution in [0.15, 0.2) is 24.3 Å². The summed E-state index contributed by atoms with van der Waals surface area (Å²) in [6, 6.07) is 7.70. The number of nitrogens with zero attached hydrogens (tertiary/aromatic N) is 1. The zero-order valence-electron chi connectivity index (χ0n) is 14.1. The Hall–Kier alpha value is -1.75. The molecule has 0 aliphatic carbocycles. The van der Waals surface area contributed by atoms with Gasteiger partial charge in [-0.2, -0.15) is 0 Å². The molecule has 5 nitrogen and oxygen atoms in total. The van der Waals surface area contributed by atoms with E-state index in [1.807, 2.05) is 24.3 Å². The number of hydrogen-bond acceptors (Lipinski definition) is 5. The number of ether oxygens (including phenoxy) is 3. The molecule has 0 saturated carbocycles. The second kappa shape index (κ2) is 9.40. The van der Waals surface area contributed by atoms with Crippen LogP contribution in [0.2, 0.25) is 0 Å². The van der Waals surface area contributed by atoms with Crippen molar-refractivity contribution in [1.82, 2.24) is 4.90 Å². The van der Waals surface area contributed by atoms with Gasteiger partial charge in [0.25, 0.3) is 0 Å². The van der Waals surface area contributed by atoms with Gasteiger partial charge in [0.05, 0.1) is 14.2 Å². The molecule has 1 aliphatic rings. The highest BCUT2D eigenvalue weighted by Crippen LogP contribution is 2.26. The highest BCUT2D eigenvalue weighted by molar-refractivity contribution is 5.69. The zero-order chi connectivity index (χ0) is 16.5. The fourth-order valence-electron chi connectivity index (χ4n) is 2.99. The van der Waals surface area contributed by atoms with Gasteiger partial charge in [-0.05, 0) is 50.4 Å². The molecule has 1 heterocycles. The summed E-state index contributed by atoms with van der Waals surface area (Å²) in [5, 5.41) is 0. The predicted molar refractivity (Wildman–Crippen MR) is 88.9 cm³/mol. The standard InChI is InChI=1S/C18H27NO4/c1-21-16-7-3-4-8-17(16)23-13-12-19-10-5-6-15(9-11-19)14-18(20)22-2/h3-4,7-8,15H,5-6,9-14H2,1-2H3/t15-/m0/s1. The van der Waals surface area contributed by atoms with Crippen LogP contribution in [-0.2, 0) is 9.53 Å². The average Bonchev–Trinajstić information content (AvgIpc) is 2.80. The van der Waals surface area contributed by atoms with Crippen LogP contribution in [0.5, 0.6) is 11.5 Å². The lowest BCUT2D eigenvalue weighted by Gasteiger charge is -2.20. The van der Waals surface area contributed by atoms with Gasteiger partial charge in [-0.15, -0.1) is 0 Å². The summed E-state index contributed by atoms with van der Waals surface area (Å²) in [6.07, 6.45) is 3.81. The van der Waals surface area contributed by atoms with E-state index in [2.05, 4.69) is 4.90 Å². The van der Waals surface area contributed by atoms with Gasteiger partial charge < -0.3 is 14.2 Å². The summed E-state index contributed by atoms with van der Waals surface area (Å²) in [5.74, 6) is 1.90. The molecule has 1 aliphatic heterocycles. The van der Waals surface area contributed by atoms with Crippen molar-refractivity contribution in [2.45, 2.75) is 25.7 Å². The fourth-order valence-corrected chi connectivity index (χ4v) is 2.99. The number of hydrogen-bond donors (Lipinski definition) is 0. The molecule has 1 aromatic carbocycles. The highest BCUT2D eigenvalue weighted by atomic mass is 16.5. The molecule has 2 rings (SSSR count). The summed E-state index contributed by atoms with van der Waals surface area (Å²) in [4.78, 5) is 13.8. The van der Waals surface area contributed by atoms with Gasteiger partial charge in [0, 0.05) is 13.0 Å². The van der Waals surface area contributed by atoms with Crippen LogP contribution in [0.4, 0.5) is 0 Å². The number of carbonyl (C=O) groups is 1. The smallest absolute Gasteiger partial charge is 0.305 e. The normalized spacial score (nSPS) is 19.0. The molecule has 1 aromatic rings.